The van der Waals surface area contributed by atoms with Gasteiger partial charge in [0.05, 0.1) is 18.1 Å². The molecule has 1 aromatic heterocycles. The molecule has 0 saturated carbocycles. The highest BCUT2D eigenvalue weighted by Gasteiger charge is 2.13. The number of methoxy groups -OCH3 is 1. The molecule has 19 heavy (non-hydrogen) atoms. The summed E-state index contributed by atoms with van der Waals surface area (Å²) in [5.41, 5.74) is 1.88. The first kappa shape index (κ1) is 15.4. The Hall–Kier alpha value is -1.69. The van der Waals surface area contributed by atoms with Gasteiger partial charge in [-0.15, -0.1) is 0 Å². The van der Waals surface area contributed by atoms with Gasteiger partial charge in [-0.3, -0.25) is 9.79 Å². The van der Waals surface area contributed by atoms with Gasteiger partial charge in [-0.05, 0) is 25.8 Å². The molecule has 0 amide bonds. The molecule has 0 bridgehead atoms. The smallest absolute Gasteiger partial charge is 0.238 e. The minimum atomic E-state index is -0.0908. The number of pyridine rings is 1. The molecule has 1 heterocycles. The number of allylic oxidation sites excluding steroid dienone is 1. The summed E-state index contributed by atoms with van der Waals surface area (Å²) in [6, 6.07) is 3.46. The molecular weight excluding hydrogens is 310 g/mol. The third-order valence-corrected chi connectivity index (χ3v) is 2.96. The lowest BCUT2D eigenvalue weighted by atomic mass is 10.2. The number of carbonyl (C=O) groups excluding carboxylic acids is 1. The van der Waals surface area contributed by atoms with E-state index in [9.17, 15) is 4.79 Å². The van der Waals surface area contributed by atoms with E-state index in [4.69, 9.17) is 4.74 Å². The molecule has 0 N–H and O–H groups in total. The zero-order valence-corrected chi connectivity index (χ0v) is 12.8. The zero-order valence-electron chi connectivity index (χ0n) is 11.2. The van der Waals surface area contributed by atoms with Crippen molar-refractivity contribution in [3.8, 4) is 5.88 Å². The van der Waals surface area contributed by atoms with Gasteiger partial charge in [0, 0.05) is 13.2 Å². The molecule has 1 rings (SSSR count). The Morgan fingerprint density at radius 3 is 2.84 bits per heavy atom. The van der Waals surface area contributed by atoms with E-state index in [-0.39, 0.29) is 11.1 Å². The quantitative estimate of drug-likeness (QED) is 0.458. The van der Waals surface area contributed by atoms with Gasteiger partial charge in [0.15, 0.2) is 5.78 Å². The van der Waals surface area contributed by atoms with E-state index < -0.39 is 0 Å². The summed E-state index contributed by atoms with van der Waals surface area (Å²) in [6.07, 6.45) is 1.80. The van der Waals surface area contributed by atoms with Crippen LogP contribution < -0.4 is 9.64 Å². The molecule has 0 aromatic carbocycles. The number of nitrogens with zero attached hydrogens (tertiary/aromatic N) is 3. The van der Waals surface area contributed by atoms with Crippen LogP contribution >= 0.6 is 15.9 Å². The first-order valence-electron chi connectivity index (χ1n) is 5.55. The predicted molar refractivity (Wildman–Crippen MR) is 80.6 cm³/mol. The van der Waals surface area contributed by atoms with Crippen molar-refractivity contribution in [1.29, 1.82) is 0 Å². The fourth-order valence-corrected chi connectivity index (χ4v) is 1.75. The Bertz CT molecular complexity index is 515. The van der Waals surface area contributed by atoms with Gasteiger partial charge in [-0.1, -0.05) is 15.9 Å². The van der Waals surface area contributed by atoms with E-state index in [0.717, 1.165) is 11.4 Å². The summed E-state index contributed by atoms with van der Waals surface area (Å²) in [5.74, 6) is 0.300. The molecular formula is C13H16BrN3O2. The molecule has 0 aliphatic heterocycles. The summed E-state index contributed by atoms with van der Waals surface area (Å²) in [5, 5.41) is 0.234. The molecule has 0 radical (unpaired) electrons. The second-order valence-corrected chi connectivity index (χ2v) is 4.38. The van der Waals surface area contributed by atoms with E-state index in [2.05, 4.69) is 32.6 Å². The van der Waals surface area contributed by atoms with E-state index in [1.54, 1.807) is 18.3 Å². The van der Waals surface area contributed by atoms with Crippen LogP contribution in [0.3, 0.4) is 0 Å². The fraction of sp³-hybridized carbons (Fsp3) is 0.308. The topological polar surface area (TPSA) is 54.8 Å². The number of hydrogen-bond donors (Lipinski definition) is 0. The van der Waals surface area contributed by atoms with Crippen LogP contribution in [0, 0.1) is 0 Å². The standard InChI is InChI=1S/C13H16BrN3O2/c1-9(15-2)8-17(3)11-6-5-10(12(18)7-14)16-13(11)19-4/h5-6,8H,2,7H2,1,3-4H3. The lowest BCUT2D eigenvalue weighted by molar-refractivity contribution is 0.101. The molecule has 102 valence electrons. The van der Waals surface area contributed by atoms with Gasteiger partial charge < -0.3 is 9.64 Å². The number of rotatable bonds is 6. The maximum atomic E-state index is 11.6. The molecule has 5 nitrogen and oxygen atoms in total. The van der Waals surface area contributed by atoms with Gasteiger partial charge in [0.25, 0.3) is 0 Å². The maximum absolute atomic E-state index is 11.6. The van der Waals surface area contributed by atoms with Crippen molar-refractivity contribution in [1.82, 2.24) is 4.98 Å². The van der Waals surface area contributed by atoms with Crippen LogP contribution in [0.25, 0.3) is 0 Å². The molecule has 0 aliphatic rings. The highest BCUT2D eigenvalue weighted by molar-refractivity contribution is 9.09. The van der Waals surface area contributed by atoms with E-state index in [1.165, 1.54) is 7.11 Å². The van der Waals surface area contributed by atoms with E-state index in [1.807, 2.05) is 18.9 Å². The van der Waals surface area contributed by atoms with Gasteiger partial charge in [0.1, 0.15) is 11.4 Å². The predicted octanol–water partition coefficient (Wildman–Crippen LogP) is 2.67. The molecule has 0 fully saturated rings. The van der Waals surface area contributed by atoms with Gasteiger partial charge in [-0.2, -0.15) is 0 Å². The molecule has 0 atom stereocenters. The van der Waals surface area contributed by atoms with Crippen molar-refractivity contribution in [3.05, 3.63) is 29.7 Å². The Labute approximate surface area is 121 Å². The third kappa shape index (κ3) is 3.89. The Kier molecular flexibility index (Phi) is 5.69. The minimum absolute atomic E-state index is 0.0908. The number of aliphatic imine (C=N–C) groups is 1. The summed E-state index contributed by atoms with van der Waals surface area (Å²) >= 11 is 3.12. The maximum Gasteiger partial charge on any atom is 0.238 e. The first-order chi connectivity index (χ1) is 9.03. The summed E-state index contributed by atoms with van der Waals surface area (Å²) in [4.78, 5) is 21.4. The SMILES string of the molecule is C=NC(C)=CN(C)c1ccc(C(=O)CBr)nc1OC. The van der Waals surface area contributed by atoms with Crippen LogP contribution in [-0.2, 0) is 0 Å². The first-order valence-corrected chi connectivity index (χ1v) is 6.67. The van der Waals surface area contributed by atoms with Crippen molar-refractivity contribution in [2.45, 2.75) is 6.92 Å². The Morgan fingerprint density at radius 2 is 2.32 bits per heavy atom. The largest absolute Gasteiger partial charge is 0.479 e. The Morgan fingerprint density at radius 1 is 1.63 bits per heavy atom. The van der Waals surface area contributed by atoms with E-state index in [0.29, 0.717) is 11.6 Å². The summed E-state index contributed by atoms with van der Waals surface area (Å²) in [7, 11) is 3.37. The van der Waals surface area contributed by atoms with Crippen LogP contribution in [0.1, 0.15) is 17.4 Å². The van der Waals surface area contributed by atoms with Crippen molar-refractivity contribution in [3.63, 3.8) is 0 Å². The number of carbonyl (C=O) groups is 1. The summed E-state index contributed by atoms with van der Waals surface area (Å²) < 4.78 is 5.22. The normalized spacial score (nSPS) is 11.1. The second kappa shape index (κ2) is 7.04. The third-order valence-electron chi connectivity index (χ3n) is 2.45. The number of halogens is 1. The molecule has 0 saturated heterocycles. The average molecular weight is 326 g/mol. The van der Waals surface area contributed by atoms with Gasteiger partial charge in [-0.25, -0.2) is 4.98 Å². The van der Waals surface area contributed by atoms with E-state index >= 15 is 0 Å². The summed E-state index contributed by atoms with van der Waals surface area (Å²) in [6.45, 7) is 5.30. The number of anilines is 1. The second-order valence-electron chi connectivity index (χ2n) is 3.82. The zero-order chi connectivity index (χ0) is 14.4. The van der Waals surface area contributed by atoms with Crippen molar-refractivity contribution in [2.24, 2.45) is 4.99 Å². The number of ketones is 1. The molecule has 0 unspecified atom stereocenters. The highest BCUT2D eigenvalue weighted by Crippen LogP contribution is 2.26. The number of ether oxygens (including phenoxy) is 1. The van der Waals surface area contributed by atoms with Crippen molar-refractivity contribution in [2.75, 3.05) is 24.4 Å². The minimum Gasteiger partial charge on any atom is -0.479 e. The van der Waals surface area contributed by atoms with Crippen LogP contribution in [0.15, 0.2) is 29.0 Å². The van der Waals surface area contributed by atoms with Crippen LogP contribution in [0.4, 0.5) is 5.69 Å². The van der Waals surface area contributed by atoms with Crippen LogP contribution in [-0.4, -0.2) is 37.0 Å². The molecule has 0 aliphatic carbocycles. The van der Waals surface area contributed by atoms with Gasteiger partial charge in [0.2, 0.25) is 5.88 Å². The van der Waals surface area contributed by atoms with Gasteiger partial charge >= 0.3 is 0 Å². The van der Waals surface area contributed by atoms with Crippen LogP contribution in [0.2, 0.25) is 0 Å². The monoisotopic (exact) mass is 325 g/mol. The van der Waals surface area contributed by atoms with Crippen molar-refractivity contribution >= 4 is 34.1 Å². The van der Waals surface area contributed by atoms with Crippen molar-refractivity contribution < 1.29 is 9.53 Å². The number of aromatic nitrogens is 1. The number of Topliss-reactive ketones (excluding diaryl/α,β-unsaturated/α-hetero) is 1. The lowest BCUT2D eigenvalue weighted by Crippen LogP contribution is -2.13. The highest BCUT2D eigenvalue weighted by atomic mass is 79.9. The molecule has 1 aromatic rings. The molecule has 0 spiro atoms. The lowest BCUT2D eigenvalue weighted by Gasteiger charge is -2.17. The van der Waals surface area contributed by atoms with Crippen LogP contribution in [0.5, 0.6) is 5.88 Å². The number of hydrogen-bond acceptors (Lipinski definition) is 5. The number of alkyl halides is 1. The molecule has 6 heteroatoms. The fourth-order valence-electron chi connectivity index (χ4n) is 1.47. The Balaban J connectivity index is 3.15. The average Bonchev–Trinajstić information content (AvgIpc) is 2.45.